The number of urea groups is 1. The molecule has 0 atom stereocenters. The molecule has 0 saturated heterocycles. The van der Waals surface area contributed by atoms with Crippen LogP contribution in [-0.2, 0) is 0 Å². The Kier molecular flexibility index (Phi) is 3.47. The molecule has 1 aromatic rings. The summed E-state index contributed by atoms with van der Waals surface area (Å²) >= 11 is 4.04. The molecule has 0 radical (unpaired) electrons. The van der Waals surface area contributed by atoms with Gasteiger partial charge in [0.05, 0.1) is 5.69 Å². The van der Waals surface area contributed by atoms with E-state index in [4.69, 9.17) is 5.73 Å². The Labute approximate surface area is 95.2 Å². The molecule has 15 heavy (non-hydrogen) atoms. The Bertz CT molecular complexity index is 379. The molecule has 0 spiro atoms. The van der Waals surface area contributed by atoms with Crippen LogP contribution in [0.15, 0.2) is 18.2 Å². The smallest absolute Gasteiger partial charge is 0.329 e. The van der Waals surface area contributed by atoms with E-state index in [2.05, 4.69) is 12.8 Å². The number of thiol groups is 1. The molecule has 0 aliphatic carbocycles. The van der Waals surface area contributed by atoms with E-state index in [-0.39, 0.29) is 0 Å². The standard InChI is InChI=1S/C10H15N3OS/c1-7-8(12(2)3)5-4-6-9(7)13(15)10(11)14/h4-6,15H,1-3H3,(H2,11,14). The monoisotopic (exact) mass is 225 g/mol. The van der Waals surface area contributed by atoms with E-state index >= 15 is 0 Å². The summed E-state index contributed by atoms with van der Waals surface area (Å²) in [7, 11) is 3.89. The number of primary amides is 1. The molecule has 0 heterocycles. The van der Waals surface area contributed by atoms with Crippen LogP contribution in [0.2, 0.25) is 0 Å². The lowest BCUT2D eigenvalue weighted by Crippen LogP contribution is -2.28. The SMILES string of the molecule is Cc1c(N(C)C)cccc1N(S)C(N)=O. The molecule has 0 aliphatic heterocycles. The average Bonchev–Trinajstić information content (AvgIpc) is 2.16. The Morgan fingerprint density at radius 1 is 1.33 bits per heavy atom. The zero-order valence-electron chi connectivity index (χ0n) is 9.06. The van der Waals surface area contributed by atoms with Crippen LogP contribution in [-0.4, -0.2) is 20.1 Å². The second-order valence-electron chi connectivity index (χ2n) is 3.47. The van der Waals surface area contributed by atoms with Crippen molar-refractivity contribution in [3.63, 3.8) is 0 Å². The highest BCUT2D eigenvalue weighted by molar-refractivity contribution is 7.82. The van der Waals surface area contributed by atoms with Crippen LogP contribution in [0, 0.1) is 6.92 Å². The fraction of sp³-hybridized carbons (Fsp3) is 0.300. The summed E-state index contributed by atoms with van der Waals surface area (Å²) in [6, 6.07) is 5.06. The number of hydrogen-bond donors (Lipinski definition) is 2. The number of carbonyl (C=O) groups excluding carboxylic acids is 1. The molecule has 4 nitrogen and oxygen atoms in total. The maximum Gasteiger partial charge on any atom is 0.329 e. The van der Waals surface area contributed by atoms with Crippen molar-refractivity contribution in [2.75, 3.05) is 23.3 Å². The number of nitrogens with zero attached hydrogens (tertiary/aromatic N) is 2. The summed E-state index contributed by atoms with van der Waals surface area (Å²) in [5.41, 5.74) is 7.87. The van der Waals surface area contributed by atoms with E-state index in [0.29, 0.717) is 5.69 Å². The summed E-state index contributed by atoms with van der Waals surface area (Å²) in [4.78, 5) is 13.0. The van der Waals surface area contributed by atoms with E-state index in [1.165, 1.54) is 0 Å². The topological polar surface area (TPSA) is 49.6 Å². The number of anilines is 2. The van der Waals surface area contributed by atoms with Gasteiger partial charge in [0.15, 0.2) is 0 Å². The lowest BCUT2D eigenvalue weighted by atomic mass is 10.1. The fourth-order valence-electron chi connectivity index (χ4n) is 1.44. The zero-order valence-corrected chi connectivity index (χ0v) is 9.95. The molecule has 0 bridgehead atoms. The van der Waals surface area contributed by atoms with Gasteiger partial charge < -0.3 is 10.6 Å². The highest BCUT2D eigenvalue weighted by Gasteiger charge is 2.13. The minimum absolute atomic E-state index is 0.586. The van der Waals surface area contributed by atoms with Gasteiger partial charge >= 0.3 is 6.03 Å². The normalized spacial score (nSPS) is 9.87. The quantitative estimate of drug-likeness (QED) is 0.754. The third kappa shape index (κ3) is 2.36. The van der Waals surface area contributed by atoms with Gasteiger partial charge in [0.2, 0.25) is 0 Å². The molecule has 0 aromatic heterocycles. The second-order valence-corrected chi connectivity index (χ2v) is 3.87. The highest BCUT2D eigenvalue weighted by atomic mass is 32.1. The summed E-state index contributed by atoms with van der Waals surface area (Å²) in [6.45, 7) is 1.93. The lowest BCUT2D eigenvalue weighted by molar-refractivity contribution is 0.257. The van der Waals surface area contributed by atoms with Crippen LogP contribution in [0.5, 0.6) is 0 Å². The lowest BCUT2D eigenvalue weighted by Gasteiger charge is -2.21. The van der Waals surface area contributed by atoms with Crippen LogP contribution < -0.4 is 14.9 Å². The number of rotatable bonds is 2. The summed E-state index contributed by atoms with van der Waals surface area (Å²) in [6.07, 6.45) is 0. The van der Waals surface area contributed by atoms with Crippen LogP contribution in [0.3, 0.4) is 0 Å². The Morgan fingerprint density at radius 2 is 1.87 bits per heavy atom. The van der Waals surface area contributed by atoms with E-state index in [1.54, 1.807) is 6.07 Å². The van der Waals surface area contributed by atoms with Crippen molar-refractivity contribution in [2.24, 2.45) is 5.73 Å². The van der Waals surface area contributed by atoms with Gasteiger partial charge in [0.1, 0.15) is 0 Å². The van der Waals surface area contributed by atoms with Crippen LogP contribution in [0.1, 0.15) is 5.56 Å². The van der Waals surface area contributed by atoms with E-state index in [1.807, 2.05) is 38.1 Å². The number of carbonyl (C=O) groups is 1. The maximum atomic E-state index is 11.0. The van der Waals surface area contributed by atoms with Gasteiger partial charge in [0.25, 0.3) is 0 Å². The molecule has 2 N–H and O–H groups in total. The molecule has 1 rings (SSSR count). The second kappa shape index (κ2) is 4.44. The molecule has 82 valence electrons. The predicted molar refractivity (Wildman–Crippen MR) is 66.6 cm³/mol. The molecular weight excluding hydrogens is 210 g/mol. The van der Waals surface area contributed by atoms with E-state index in [0.717, 1.165) is 15.6 Å². The summed E-state index contributed by atoms with van der Waals surface area (Å²) in [5, 5.41) is 0. The van der Waals surface area contributed by atoms with Crippen molar-refractivity contribution < 1.29 is 4.79 Å². The first kappa shape index (κ1) is 11.7. The number of nitrogens with two attached hydrogens (primary N) is 1. The largest absolute Gasteiger partial charge is 0.377 e. The molecule has 0 saturated carbocycles. The van der Waals surface area contributed by atoms with Crippen molar-refractivity contribution in [3.8, 4) is 0 Å². The van der Waals surface area contributed by atoms with Crippen molar-refractivity contribution in [3.05, 3.63) is 23.8 Å². The summed E-state index contributed by atoms with van der Waals surface area (Å²) in [5.74, 6) is 0. The Morgan fingerprint density at radius 3 is 2.33 bits per heavy atom. The van der Waals surface area contributed by atoms with Crippen molar-refractivity contribution in [2.45, 2.75) is 6.92 Å². The molecule has 2 amide bonds. The average molecular weight is 225 g/mol. The first-order chi connectivity index (χ1) is 6.95. The third-order valence-corrected chi connectivity index (χ3v) is 2.61. The van der Waals surface area contributed by atoms with Crippen LogP contribution >= 0.6 is 12.8 Å². The van der Waals surface area contributed by atoms with E-state index < -0.39 is 6.03 Å². The fourth-order valence-corrected chi connectivity index (χ4v) is 1.66. The van der Waals surface area contributed by atoms with Crippen molar-refractivity contribution in [1.82, 2.24) is 0 Å². The van der Waals surface area contributed by atoms with Gasteiger partial charge in [-0.2, -0.15) is 0 Å². The molecular formula is C10H15N3OS. The Hall–Kier alpha value is -1.36. The first-order valence-electron chi connectivity index (χ1n) is 4.50. The minimum Gasteiger partial charge on any atom is -0.377 e. The zero-order chi connectivity index (χ0) is 11.6. The third-order valence-electron chi connectivity index (χ3n) is 2.20. The van der Waals surface area contributed by atoms with Crippen LogP contribution in [0.25, 0.3) is 0 Å². The highest BCUT2D eigenvalue weighted by Crippen LogP contribution is 2.28. The van der Waals surface area contributed by atoms with E-state index in [9.17, 15) is 4.79 Å². The predicted octanol–water partition coefficient (Wildman–Crippen LogP) is 1.79. The number of benzene rings is 1. The van der Waals surface area contributed by atoms with Crippen molar-refractivity contribution in [1.29, 1.82) is 0 Å². The molecule has 0 unspecified atom stereocenters. The molecule has 0 aliphatic rings. The van der Waals surface area contributed by atoms with Crippen LogP contribution in [0.4, 0.5) is 16.2 Å². The first-order valence-corrected chi connectivity index (χ1v) is 4.90. The van der Waals surface area contributed by atoms with Gasteiger partial charge in [-0.1, -0.05) is 18.9 Å². The molecule has 0 fully saturated rings. The van der Waals surface area contributed by atoms with Gasteiger partial charge in [-0.05, 0) is 24.6 Å². The summed E-state index contributed by atoms with van der Waals surface area (Å²) < 4.78 is 1.14. The number of amides is 2. The van der Waals surface area contributed by atoms with Gasteiger partial charge in [-0.25, -0.2) is 9.10 Å². The van der Waals surface area contributed by atoms with Gasteiger partial charge in [-0.3, -0.25) is 0 Å². The van der Waals surface area contributed by atoms with Gasteiger partial charge in [0, 0.05) is 19.8 Å². The Balaban J connectivity index is 3.21. The van der Waals surface area contributed by atoms with Crippen molar-refractivity contribution >= 4 is 30.2 Å². The minimum atomic E-state index is -0.586. The van der Waals surface area contributed by atoms with Gasteiger partial charge in [-0.15, -0.1) is 0 Å². The maximum absolute atomic E-state index is 11.0. The molecule has 5 heteroatoms. The number of hydrogen-bond acceptors (Lipinski definition) is 3. The molecule has 1 aromatic carbocycles.